The molecule has 0 unspecified atom stereocenters. The number of halogens is 1. The third kappa shape index (κ3) is 3.57. The van der Waals surface area contributed by atoms with E-state index in [9.17, 15) is 14.0 Å². The summed E-state index contributed by atoms with van der Waals surface area (Å²) in [5, 5.41) is 7.42. The van der Waals surface area contributed by atoms with Crippen molar-refractivity contribution in [2.24, 2.45) is 11.8 Å². The number of pyridine rings is 1. The summed E-state index contributed by atoms with van der Waals surface area (Å²) in [6.07, 6.45) is 8.14. The normalized spacial score (nSPS) is 24.1. The van der Waals surface area contributed by atoms with Crippen molar-refractivity contribution in [2.75, 3.05) is 5.32 Å². The number of anilines is 1. The first-order valence-corrected chi connectivity index (χ1v) is 11.2. The third-order valence-electron chi connectivity index (χ3n) is 6.93. The molecule has 0 atom stereocenters. The van der Waals surface area contributed by atoms with Crippen molar-refractivity contribution in [3.63, 3.8) is 0 Å². The number of nitrogens with one attached hydrogen (secondary N) is 2. The van der Waals surface area contributed by atoms with Crippen molar-refractivity contribution in [2.45, 2.75) is 70.4 Å². The number of benzene rings is 1. The van der Waals surface area contributed by atoms with E-state index in [1.807, 2.05) is 6.92 Å². The Hall–Kier alpha value is -2.50. The second kappa shape index (κ2) is 7.64. The van der Waals surface area contributed by atoms with E-state index in [2.05, 4.69) is 15.6 Å². The van der Waals surface area contributed by atoms with E-state index in [0.29, 0.717) is 53.8 Å². The maximum atomic E-state index is 14.7. The van der Waals surface area contributed by atoms with Crippen LogP contribution in [0, 0.1) is 17.7 Å². The maximum Gasteiger partial charge on any atom is 0.255 e. The number of fused-ring (bicyclic) bond motifs is 1. The van der Waals surface area contributed by atoms with Gasteiger partial charge < -0.3 is 10.6 Å². The predicted molar refractivity (Wildman–Crippen MR) is 114 cm³/mol. The molecule has 2 aromatic rings. The van der Waals surface area contributed by atoms with Crippen LogP contribution in [0.4, 0.5) is 10.1 Å². The van der Waals surface area contributed by atoms with Crippen LogP contribution in [0.2, 0.25) is 0 Å². The number of nitrogens with zero attached hydrogens (tertiary/aromatic N) is 1. The zero-order valence-corrected chi connectivity index (χ0v) is 17.3. The zero-order chi connectivity index (χ0) is 20.8. The number of Topliss-reactive ketones (excluding diaryl/α,β-unsaturated/α-hetero) is 1. The van der Waals surface area contributed by atoms with Crippen LogP contribution in [0.1, 0.15) is 67.8 Å². The van der Waals surface area contributed by atoms with Crippen LogP contribution in [-0.2, 0) is 11.2 Å². The summed E-state index contributed by atoms with van der Waals surface area (Å²) >= 11 is 0. The van der Waals surface area contributed by atoms with E-state index in [4.69, 9.17) is 0 Å². The number of hydrogen-bond acceptors (Lipinski definition) is 4. The van der Waals surface area contributed by atoms with Crippen LogP contribution in [-0.4, -0.2) is 28.8 Å². The summed E-state index contributed by atoms with van der Waals surface area (Å²) in [5.41, 5.74) is 2.34. The Morgan fingerprint density at radius 3 is 2.57 bits per heavy atom. The van der Waals surface area contributed by atoms with Crippen molar-refractivity contribution in [1.82, 2.24) is 10.3 Å². The summed E-state index contributed by atoms with van der Waals surface area (Å²) in [5.74, 6) is 1.03. The molecule has 6 heteroatoms. The van der Waals surface area contributed by atoms with Crippen molar-refractivity contribution in [3.8, 4) is 0 Å². The number of aromatic nitrogens is 1. The van der Waals surface area contributed by atoms with Gasteiger partial charge in [0.05, 0.1) is 16.8 Å². The molecule has 4 aliphatic carbocycles. The van der Waals surface area contributed by atoms with Gasteiger partial charge in [0.1, 0.15) is 11.6 Å². The van der Waals surface area contributed by atoms with Crippen LogP contribution in [0.5, 0.6) is 0 Å². The highest BCUT2D eigenvalue weighted by molar-refractivity contribution is 6.07. The standard InChI is InChI=1S/C24H28FN3O2/c1-2-3-17(29)7-4-13-10-18-21(11-20(13)25)26-12-19(24(30)27-16-5-6-16)23(18)28-22-14-8-15(22)9-14/h10-12,14-16,22H,2-9H2,1H3,(H,26,28)(H,27,30). The SMILES string of the molecule is CCCC(=O)CCc1cc2c(NC3C4CC3C4)c(C(=O)NC3CC3)cnc2cc1F. The number of hydrogen-bond donors (Lipinski definition) is 2. The zero-order valence-electron chi connectivity index (χ0n) is 17.3. The number of amides is 1. The summed E-state index contributed by atoms with van der Waals surface area (Å²) in [6, 6.07) is 3.87. The van der Waals surface area contributed by atoms with Crippen molar-refractivity contribution in [3.05, 3.63) is 35.3 Å². The third-order valence-corrected chi connectivity index (χ3v) is 6.93. The summed E-state index contributed by atoms with van der Waals surface area (Å²) < 4.78 is 14.7. The topological polar surface area (TPSA) is 71.1 Å². The Labute approximate surface area is 175 Å². The molecular formula is C24H28FN3O2. The monoisotopic (exact) mass is 409 g/mol. The molecule has 1 aromatic carbocycles. The van der Waals surface area contributed by atoms with Gasteiger partial charge in [-0.1, -0.05) is 6.92 Å². The van der Waals surface area contributed by atoms with Crippen molar-refractivity contribution in [1.29, 1.82) is 0 Å². The average Bonchev–Trinajstić information content (AvgIpc) is 3.46. The number of carbonyl (C=O) groups is 2. The predicted octanol–water partition coefficient (Wildman–Crippen LogP) is 4.39. The Bertz CT molecular complexity index is 1000. The molecule has 1 heterocycles. The first kappa shape index (κ1) is 19.5. The van der Waals surface area contributed by atoms with Gasteiger partial charge in [0.25, 0.3) is 5.91 Å². The van der Waals surface area contributed by atoms with Gasteiger partial charge in [-0.25, -0.2) is 4.39 Å². The molecule has 30 heavy (non-hydrogen) atoms. The minimum absolute atomic E-state index is 0.119. The fourth-order valence-electron chi connectivity index (χ4n) is 4.64. The van der Waals surface area contributed by atoms with Gasteiger partial charge in [0, 0.05) is 42.6 Å². The van der Waals surface area contributed by atoms with E-state index in [1.165, 1.54) is 18.9 Å². The summed E-state index contributed by atoms with van der Waals surface area (Å²) in [6.45, 7) is 1.97. The highest BCUT2D eigenvalue weighted by Crippen LogP contribution is 2.55. The molecule has 0 radical (unpaired) electrons. The number of aryl methyl sites for hydroxylation is 1. The molecule has 4 saturated carbocycles. The highest BCUT2D eigenvalue weighted by atomic mass is 19.1. The average molecular weight is 410 g/mol. The molecule has 5 nitrogen and oxygen atoms in total. The lowest BCUT2D eigenvalue weighted by molar-refractivity contribution is -0.119. The smallest absolute Gasteiger partial charge is 0.255 e. The Kier molecular flexibility index (Phi) is 4.95. The van der Waals surface area contributed by atoms with E-state index in [1.54, 1.807) is 12.3 Å². The summed E-state index contributed by atoms with van der Waals surface area (Å²) in [4.78, 5) is 29.2. The molecule has 0 aliphatic heterocycles. The summed E-state index contributed by atoms with van der Waals surface area (Å²) in [7, 11) is 0. The van der Waals surface area contributed by atoms with Crippen LogP contribution < -0.4 is 10.6 Å². The van der Waals surface area contributed by atoms with Gasteiger partial charge >= 0.3 is 0 Å². The Morgan fingerprint density at radius 2 is 1.93 bits per heavy atom. The van der Waals surface area contributed by atoms with Gasteiger partial charge in [0.2, 0.25) is 0 Å². The van der Waals surface area contributed by atoms with Gasteiger partial charge in [0.15, 0.2) is 0 Å². The molecule has 1 amide bonds. The second-order valence-electron chi connectivity index (χ2n) is 9.21. The van der Waals surface area contributed by atoms with Crippen LogP contribution >= 0.6 is 0 Å². The Morgan fingerprint density at radius 1 is 1.17 bits per heavy atom. The van der Waals surface area contributed by atoms with Crippen LogP contribution in [0.15, 0.2) is 18.3 Å². The lowest BCUT2D eigenvalue weighted by atomic mass is 9.52. The number of carbonyl (C=O) groups excluding carboxylic acids is 2. The molecule has 0 spiro atoms. The second-order valence-corrected chi connectivity index (χ2v) is 9.21. The van der Waals surface area contributed by atoms with Gasteiger partial charge in [-0.05, 0) is 62.0 Å². The minimum Gasteiger partial charge on any atom is -0.381 e. The van der Waals surface area contributed by atoms with Crippen LogP contribution in [0.3, 0.4) is 0 Å². The number of ketones is 1. The van der Waals surface area contributed by atoms with Gasteiger partial charge in [-0.3, -0.25) is 14.6 Å². The van der Waals surface area contributed by atoms with Gasteiger partial charge in [-0.15, -0.1) is 0 Å². The largest absolute Gasteiger partial charge is 0.381 e. The lowest BCUT2D eigenvalue weighted by Gasteiger charge is -2.58. The molecule has 4 aliphatic rings. The molecule has 0 saturated heterocycles. The van der Waals surface area contributed by atoms with Crippen molar-refractivity contribution < 1.29 is 14.0 Å². The Balaban J connectivity index is 1.49. The van der Waals surface area contributed by atoms with E-state index in [0.717, 1.165) is 30.3 Å². The molecule has 2 bridgehead atoms. The quantitative estimate of drug-likeness (QED) is 0.644. The molecule has 158 valence electrons. The fourth-order valence-corrected chi connectivity index (χ4v) is 4.64. The molecule has 6 rings (SSSR count). The first-order chi connectivity index (χ1) is 14.5. The minimum atomic E-state index is -0.341. The maximum absolute atomic E-state index is 14.7. The molecule has 2 N–H and O–H groups in total. The molecule has 1 aromatic heterocycles. The van der Waals surface area contributed by atoms with Gasteiger partial charge in [-0.2, -0.15) is 0 Å². The van der Waals surface area contributed by atoms with E-state index < -0.39 is 0 Å². The lowest BCUT2D eigenvalue weighted by Crippen LogP contribution is -2.59. The van der Waals surface area contributed by atoms with E-state index >= 15 is 0 Å². The number of rotatable bonds is 9. The molecular weight excluding hydrogens is 381 g/mol. The fraction of sp³-hybridized carbons (Fsp3) is 0.542. The van der Waals surface area contributed by atoms with Crippen molar-refractivity contribution >= 4 is 28.3 Å². The first-order valence-electron chi connectivity index (χ1n) is 11.2. The molecule has 4 fully saturated rings. The van der Waals surface area contributed by atoms with Crippen LogP contribution in [0.25, 0.3) is 10.9 Å². The highest BCUT2D eigenvalue weighted by Gasteiger charge is 2.52. The van der Waals surface area contributed by atoms with E-state index in [-0.39, 0.29) is 23.5 Å².